The highest BCUT2D eigenvalue weighted by molar-refractivity contribution is 5.38. The van der Waals surface area contributed by atoms with Crippen LogP contribution in [0.3, 0.4) is 0 Å². The third kappa shape index (κ3) is 2.80. The topological polar surface area (TPSA) is 35.2 Å². The lowest BCUT2D eigenvalue weighted by molar-refractivity contribution is 0.340. The normalized spacial score (nSPS) is 12.2. The molecule has 0 amide bonds. The Hall–Kier alpha value is -1.94. The Morgan fingerprint density at radius 2 is 1.75 bits per heavy atom. The van der Waals surface area contributed by atoms with Crippen LogP contribution in [-0.4, -0.2) is 6.61 Å². The van der Waals surface area contributed by atoms with Crippen molar-refractivity contribution in [2.45, 2.75) is 19.9 Å². The van der Waals surface area contributed by atoms with Gasteiger partial charge >= 0.3 is 0 Å². The molecule has 0 aliphatic heterocycles. The fourth-order valence-electron chi connectivity index (χ4n) is 2.07. The van der Waals surface area contributed by atoms with Gasteiger partial charge in [-0.3, -0.25) is 0 Å². The smallest absolute Gasteiger partial charge is 0.134 e. The third-order valence-corrected chi connectivity index (χ3v) is 3.18. The molecule has 2 nitrogen and oxygen atoms in total. The van der Waals surface area contributed by atoms with Crippen LogP contribution in [0, 0.1) is 18.6 Å². The van der Waals surface area contributed by atoms with Crippen molar-refractivity contribution in [1.82, 2.24) is 0 Å². The van der Waals surface area contributed by atoms with Gasteiger partial charge in [0.1, 0.15) is 17.4 Å². The van der Waals surface area contributed by atoms with E-state index in [2.05, 4.69) is 0 Å². The van der Waals surface area contributed by atoms with Gasteiger partial charge in [-0.05, 0) is 43.2 Å². The molecule has 1 unspecified atom stereocenters. The van der Waals surface area contributed by atoms with Gasteiger partial charge in [-0.15, -0.1) is 0 Å². The highest BCUT2D eigenvalue weighted by Gasteiger charge is 2.19. The van der Waals surface area contributed by atoms with Gasteiger partial charge in [0.15, 0.2) is 0 Å². The summed E-state index contributed by atoms with van der Waals surface area (Å²) in [4.78, 5) is 0. The first-order valence-corrected chi connectivity index (χ1v) is 6.47. The van der Waals surface area contributed by atoms with Gasteiger partial charge in [-0.25, -0.2) is 8.78 Å². The van der Waals surface area contributed by atoms with Crippen LogP contribution < -0.4 is 10.5 Å². The Labute approximate surface area is 117 Å². The average Bonchev–Trinajstić information content (AvgIpc) is 2.44. The van der Waals surface area contributed by atoms with Gasteiger partial charge in [0.25, 0.3) is 0 Å². The van der Waals surface area contributed by atoms with Crippen LogP contribution in [0.5, 0.6) is 5.75 Å². The van der Waals surface area contributed by atoms with Crippen molar-refractivity contribution in [2.75, 3.05) is 6.61 Å². The maximum Gasteiger partial charge on any atom is 0.134 e. The van der Waals surface area contributed by atoms with E-state index < -0.39 is 17.7 Å². The molecule has 2 rings (SSSR count). The predicted octanol–water partition coefficient (Wildman–Crippen LogP) is 3.72. The van der Waals surface area contributed by atoms with E-state index in [9.17, 15) is 8.78 Å². The third-order valence-electron chi connectivity index (χ3n) is 3.18. The number of rotatable bonds is 4. The molecule has 2 N–H and O–H groups in total. The van der Waals surface area contributed by atoms with Crippen LogP contribution in [-0.2, 0) is 0 Å². The Bertz CT molecular complexity index is 596. The van der Waals surface area contributed by atoms with Crippen LogP contribution >= 0.6 is 0 Å². The van der Waals surface area contributed by atoms with Crippen molar-refractivity contribution in [3.05, 3.63) is 64.7 Å². The van der Waals surface area contributed by atoms with Crippen molar-refractivity contribution in [2.24, 2.45) is 5.73 Å². The minimum atomic E-state index is -0.842. The quantitative estimate of drug-likeness (QED) is 0.924. The molecule has 0 heterocycles. The second kappa shape index (κ2) is 6.01. The molecule has 0 fully saturated rings. The number of aryl methyl sites for hydroxylation is 1. The van der Waals surface area contributed by atoms with E-state index >= 15 is 0 Å². The van der Waals surface area contributed by atoms with Gasteiger partial charge < -0.3 is 10.5 Å². The van der Waals surface area contributed by atoms with Crippen molar-refractivity contribution in [3.63, 3.8) is 0 Å². The van der Waals surface area contributed by atoms with Crippen LogP contribution in [0.1, 0.15) is 29.7 Å². The minimum absolute atomic E-state index is 0.103. The Morgan fingerprint density at radius 1 is 1.10 bits per heavy atom. The first-order chi connectivity index (χ1) is 9.54. The summed E-state index contributed by atoms with van der Waals surface area (Å²) in [6.07, 6.45) is 0. The number of nitrogens with two attached hydrogens (primary N) is 1. The first kappa shape index (κ1) is 14.5. The molecule has 2 aromatic rings. The predicted molar refractivity (Wildman–Crippen MR) is 74.7 cm³/mol. The molecule has 0 aromatic heterocycles. The van der Waals surface area contributed by atoms with Crippen LogP contribution in [0.15, 0.2) is 36.4 Å². The number of halogens is 2. The first-order valence-electron chi connectivity index (χ1n) is 6.47. The highest BCUT2D eigenvalue weighted by atomic mass is 19.1. The molecule has 1 atom stereocenters. The van der Waals surface area contributed by atoms with E-state index in [0.29, 0.717) is 23.5 Å². The Morgan fingerprint density at radius 3 is 2.35 bits per heavy atom. The standard InChI is InChI=1S/C16H17F2NO/c1-3-20-12-7-5-11(6-8-12)16(19)14-13(17)9-4-10(2)15(14)18/h4-9,16H,3,19H2,1-2H3. The molecule has 0 aliphatic rings. The molecule has 0 saturated carbocycles. The SMILES string of the molecule is CCOc1ccc(C(N)c2c(F)ccc(C)c2F)cc1. The number of ether oxygens (including phenoxy) is 1. The molecule has 0 saturated heterocycles. The number of hydrogen-bond acceptors (Lipinski definition) is 2. The molecule has 2 aromatic carbocycles. The summed E-state index contributed by atoms with van der Waals surface area (Å²) in [7, 11) is 0. The summed E-state index contributed by atoms with van der Waals surface area (Å²) in [5.74, 6) is -0.519. The number of hydrogen-bond donors (Lipinski definition) is 1. The summed E-state index contributed by atoms with van der Waals surface area (Å²) in [6.45, 7) is 4.03. The van der Waals surface area contributed by atoms with Crippen molar-refractivity contribution >= 4 is 0 Å². The van der Waals surface area contributed by atoms with E-state index in [1.165, 1.54) is 12.1 Å². The van der Waals surface area contributed by atoms with Gasteiger partial charge in [-0.1, -0.05) is 18.2 Å². The molecule has 0 spiro atoms. The van der Waals surface area contributed by atoms with E-state index in [0.717, 1.165) is 0 Å². The summed E-state index contributed by atoms with van der Waals surface area (Å²) in [5.41, 5.74) is 6.90. The summed E-state index contributed by atoms with van der Waals surface area (Å²) < 4.78 is 33.2. The molecule has 106 valence electrons. The second-order valence-electron chi connectivity index (χ2n) is 4.57. The molecular weight excluding hydrogens is 260 g/mol. The van der Waals surface area contributed by atoms with Gasteiger partial charge in [0, 0.05) is 5.56 Å². The fraction of sp³-hybridized carbons (Fsp3) is 0.250. The van der Waals surface area contributed by atoms with Crippen LogP contribution in [0.25, 0.3) is 0 Å². The van der Waals surface area contributed by atoms with Gasteiger partial charge in [0.2, 0.25) is 0 Å². The van der Waals surface area contributed by atoms with Gasteiger partial charge in [0.05, 0.1) is 12.6 Å². The molecule has 4 heteroatoms. The monoisotopic (exact) mass is 277 g/mol. The fourth-order valence-corrected chi connectivity index (χ4v) is 2.07. The molecule has 0 bridgehead atoms. The largest absolute Gasteiger partial charge is 0.494 e. The van der Waals surface area contributed by atoms with Crippen molar-refractivity contribution < 1.29 is 13.5 Å². The number of benzene rings is 2. The molecule has 0 aliphatic carbocycles. The summed E-state index contributed by atoms with van der Waals surface area (Å²) >= 11 is 0. The van der Waals surface area contributed by atoms with E-state index in [4.69, 9.17) is 10.5 Å². The zero-order valence-corrected chi connectivity index (χ0v) is 11.5. The Kier molecular flexibility index (Phi) is 4.35. The molecular formula is C16H17F2NO. The lowest BCUT2D eigenvalue weighted by Gasteiger charge is -2.16. The molecule has 0 radical (unpaired) electrons. The van der Waals surface area contributed by atoms with E-state index in [1.807, 2.05) is 6.92 Å². The summed E-state index contributed by atoms with van der Waals surface area (Å²) in [6, 6.07) is 8.72. The maximum absolute atomic E-state index is 14.1. The van der Waals surface area contributed by atoms with Crippen LogP contribution in [0.4, 0.5) is 8.78 Å². The average molecular weight is 277 g/mol. The summed E-state index contributed by atoms with van der Waals surface area (Å²) in [5, 5.41) is 0. The zero-order chi connectivity index (χ0) is 14.7. The van der Waals surface area contributed by atoms with Crippen LogP contribution in [0.2, 0.25) is 0 Å². The highest BCUT2D eigenvalue weighted by Crippen LogP contribution is 2.27. The van der Waals surface area contributed by atoms with E-state index in [-0.39, 0.29) is 5.56 Å². The minimum Gasteiger partial charge on any atom is -0.494 e. The molecule has 20 heavy (non-hydrogen) atoms. The van der Waals surface area contributed by atoms with Crippen molar-refractivity contribution in [1.29, 1.82) is 0 Å². The zero-order valence-electron chi connectivity index (χ0n) is 11.5. The van der Waals surface area contributed by atoms with Crippen molar-refractivity contribution in [3.8, 4) is 5.75 Å². The van der Waals surface area contributed by atoms with E-state index in [1.54, 1.807) is 31.2 Å². The van der Waals surface area contributed by atoms with Gasteiger partial charge in [-0.2, -0.15) is 0 Å². The second-order valence-corrected chi connectivity index (χ2v) is 4.57. The Balaban J connectivity index is 2.36. The lowest BCUT2D eigenvalue weighted by atomic mass is 9.97. The maximum atomic E-state index is 14.1. The lowest BCUT2D eigenvalue weighted by Crippen LogP contribution is -2.16.